The van der Waals surface area contributed by atoms with Gasteiger partial charge in [0.15, 0.2) is 0 Å². The number of urea groups is 1. The van der Waals surface area contributed by atoms with Crippen LogP contribution in [0.25, 0.3) is 0 Å². The normalized spacial score (nSPS) is 9.73. The molecule has 15 heavy (non-hydrogen) atoms. The number of carbonyl (C=O) groups excluding carboxylic acids is 1. The number of rotatable bonds is 4. The monoisotopic (exact) mass is 207 g/mol. The van der Waals surface area contributed by atoms with E-state index in [0.717, 1.165) is 12.1 Å². The van der Waals surface area contributed by atoms with Gasteiger partial charge in [0, 0.05) is 38.4 Å². The van der Waals surface area contributed by atoms with Crippen LogP contribution in [-0.4, -0.2) is 36.1 Å². The van der Waals surface area contributed by atoms with Gasteiger partial charge in [-0.2, -0.15) is 0 Å². The van der Waals surface area contributed by atoms with Crippen LogP contribution < -0.4 is 5.32 Å². The van der Waals surface area contributed by atoms with Crippen molar-refractivity contribution < 1.29 is 4.79 Å². The topological polar surface area (TPSA) is 45.2 Å². The molecule has 1 heterocycles. The molecule has 0 aliphatic heterocycles. The molecule has 0 aromatic carbocycles. The maximum absolute atomic E-state index is 11.4. The van der Waals surface area contributed by atoms with E-state index in [1.165, 1.54) is 0 Å². The summed E-state index contributed by atoms with van der Waals surface area (Å²) in [5.41, 5.74) is 1.01. The van der Waals surface area contributed by atoms with Crippen LogP contribution in [-0.2, 0) is 6.42 Å². The molecule has 82 valence electrons. The standard InChI is InChI=1S/C11H17N3O/c1-3-12-11(15)14(2)9-7-10-6-4-5-8-13-10/h4-6,8H,3,7,9H2,1-2H3,(H,12,15). The Balaban J connectivity index is 2.34. The van der Waals surface area contributed by atoms with E-state index in [-0.39, 0.29) is 6.03 Å². The number of hydrogen-bond donors (Lipinski definition) is 1. The zero-order valence-electron chi connectivity index (χ0n) is 9.23. The lowest BCUT2D eigenvalue weighted by molar-refractivity contribution is 0.210. The van der Waals surface area contributed by atoms with Crippen molar-refractivity contribution in [2.75, 3.05) is 20.1 Å². The SMILES string of the molecule is CCNC(=O)N(C)CCc1ccccn1. The number of amides is 2. The van der Waals surface area contributed by atoms with Crippen LogP contribution in [0.3, 0.4) is 0 Å². The Morgan fingerprint density at radius 2 is 2.33 bits per heavy atom. The van der Waals surface area contributed by atoms with Crippen molar-refractivity contribution in [3.8, 4) is 0 Å². The molecule has 1 N–H and O–H groups in total. The van der Waals surface area contributed by atoms with Gasteiger partial charge in [0.05, 0.1) is 0 Å². The lowest BCUT2D eigenvalue weighted by Gasteiger charge is -2.16. The van der Waals surface area contributed by atoms with Gasteiger partial charge in [-0.25, -0.2) is 4.79 Å². The number of nitrogens with one attached hydrogen (secondary N) is 1. The fraction of sp³-hybridized carbons (Fsp3) is 0.455. The minimum Gasteiger partial charge on any atom is -0.338 e. The van der Waals surface area contributed by atoms with Crippen molar-refractivity contribution in [2.24, 2.45) is 0 Å². The lowest BCUT2D eigenvalue weighted by Crippen LogP contribution is -2.38. The van der Waals surface area contributed by atoms with Gasteiger partial charge in [0.25, 0.3) is 0 Å². The van der Waals surface area contributed by atoms with Gasteiger partial charge >= 0.3 is 6.03 Å². The summed E-state index contributed by atoms with van der Waals surface area (Å²) in [5, 5.41) is 2.75. The Bertz CT molecular complexity index is 300. The largest absolute Gasteiger partial charge is 0.338 e. The first-order chi connectivity index (χ1) is 7.24. The number of pyridine rings is 1. The van der Waals surface area contributed by atoms with Gasteiger partial charge in [-0.15, -0.1) is 0 Å². The van der Waals surface area contributed by atoms with E-state index < -0.39 is 0 Å². The predicted octanol–water partition coefficient (Wildman–Crippen LogP) is 1.29. The summed E-state index contributed by atoms with van der Waals surface area (Å²) in [6.45, 7) is 3.25. The zero-order valence-corrected chi connectivity index (χ0v) is 9.23. The first kappa shape index (κ1) is 11.5. The fourth-order valence-corrected chi connectivity index (χ4v) is 1.22. The first-order valence-corrected chi connectivity index (χ1v) is 5.13. The molecule has 0 aliphatic rings. The molecular formula is C11H17N3O. The van der Waals surface area contributed by atoms with E-state index in [2.05, 4.69) is 10.3 Å². The minimum atomic E-state index is -0.0339. The molecule has 2 amide bonds. The average molecular weight is 207 g/mol. The number of carbonyl (C=O) groups is 1. The highest BCUT2D eigenvalue weighted by atomic mass is 16.2. The second kappa shape index (κ2) is 6.01. The second-order valence-electron chi connectivity index (χ2n) is 3.33. The molecule has 0 atom stereocenters. The molecule has 0 radical (unpaired) electrons. The lowest BCUT2D eigenvalue weighted by atomic mass is 10.2. The van der Waals surface area contributed by atoms with Gasteiger partial charge in [-0.3, -0.25) is 4.98 Å². The summed E-state index contributed by atoms with van der Waals surface area (Å²) in [6, 6.07) is 5.77. The van der Waals surface area contributed by atoms with Crippen molar-refractivity contribution in [3.63, 3.8) is 0 Å². The van der Waals surface area contributed by atoms with Crippen LogP contribution in [0.4, 0.5) is 4.79 Å². The molecule has 0 unspecified atom stereocenters. The Morgan fingerprint density at radius 1 is 1.53 bits per heavy atom. The molecular weight excluding hydrogens is 190 g/mol. The van der Waals surface area contributed by atoms with E-state index in [9.17, 15) is 4.79 Å². The quantitative estimate of drug-likeness (QED) is 0.808. The predicted molar refractivity (Wildman–Crippen MR) is 59.6 cm³/mol. The Hall–Kier alpha value is -1.58. The second-order valence-corrected chi connectivity index (χ2v) is 3.33. The summed E-state index contributed by atoms with van der Waals surface area (Å²) < 4.78 is 0. The third-order valence-corrected chi connectivity index (χ3v) is 2.10. The summed E-state index contributed by atoms with van der Waals surface area (Å²) >= 11 is 0. The van der Waals surface area contributed by atoms with Crippen LogP contribution in [0, 0.1) is 0 Å². The highest BCUT2D eigenvalue weighted by Crippen LogP contribution is 1.96. The van der Waals surface area contributed by atoms with E-state index in [4.69, 9.17) is 0 Å². The summed E-state index contributed by atoms with van der Waals surface area (Å²) in [5.74, 6) is 0. The van der Waals surface area contributed by atoms with Crippen LogP contribution in [0.15, 0.2) is 24.4 Å². The number of hydrogen-bond acceptors (Lipinski definition) is 2. The number of nitrogens with zero attached hydrogens (tertiary/aromatic N) is 2. The Kier molecular flexibility index (Phi) is 4.60. The third-order valence-electron chi connectivity index (χ3n) is 2.10. The molecule has 1 aromatic rings. The Labute approximate surface area is 90.3 Å². The maximum atomic E-state index is 11.4. The zero-order chi connectivity index (χ0) is 11.1. The smallest absolute Gasteiger partial charge is 0.317 e. The van der Waals surface area contributed by atoms with Gasteiger partial charge in [0.2, 0.25) is 0 Å². The number of aromatic nitrogens is 1. The first-order valence-electron chi connectivity index (χ1n) is 5.13. The molecule has 1 aromatic heterocycles. The molecule has 4 heteroatoms. The van der Waals surface area contributed by atoms with E-state index >= 15 is 0 Å². The van der Waals surface area contributed by atoms with E-state index in [1.54, 1.807) is 18.1 Å². The van der Waals surface area contributed by atoms with Gasteiger partial charge in [-0.05, 0) is 19.1 Å². The summed E-state index contributed by atoms with van der Waals surface area (Å²) in [6.07, 6.45) is 2.55. The van der Waals surface area contributed by atoms with Gasteiger partial charge in [0.1, 0.15) is 0 Å². The maximum Gasteiger partial charge on any atom is 0.317 e. The summed E-state index contributed by atoms with van der Waals surface area (Å²) in [4.78, 5) is 17.2. The molecule has 0 saturated carbocycles. The van der Waals surface area contributed by atoms with E-state index in [1.807, 2.05) is 25.1 Å². The van der Waals surface area contributed by atoms with E-state index in [0.29, 0.717) is 13.1 Å². The van der Waals surface area contributed by atoms with Crippen molar-refractivity contribution in [2.45, 2.75) is 13.3 Å². The van der Waals surface area contributed by atoms with Gasteiger partial charge in [-0.1, -0.05) is 6.07 Å². The van der Waals surface area contributed by atoms with Gasteiger partial charge < -0.3 is 10.2 Å². The van der Waals surface area contributed by atoms with Crippen molar-refractivity contribution in [1.29, 1.82) is 0 Å². The van der Waals surface area contributed by atoms with Crippen LogP contribution in [0.2, 0.25) is 0 Å². The minimum absolute atomic E-state index is 0.0339. The summed E-state index contributed by atoms with van der Waals surface area (Å²) in [7, 11) is 1.79. The molecule has 0 aliphatic carbocycles. The van der Waals surface area contributed by atoms with Crippen LogP contribution in [0.5, 0.6) is 0 Å². The third kappa shape index (κ3) is 3.97. The molecule has 1 rings (SSSR count). The highest BCUT2D eigenvalue weighted by Gasteiger charge is 2.06. The van der Waals surface area contributed by atoms with Crippen molar-refractivity contribution >= 4 is 6.03 Å². The average Bonchev–Trinajstić information content (AvgIpc) is 2.27. The van der Waals surface area contributed by atoms with Crippen molar-refractivity contribution in [3.05, 3.63) is 30.1 Å². The highest BCUT2D eigenvalue weighted by molar-refractivity contribution is 5.73. The Morgan fingerprint density at radius 3 is 2.93 bits per heavy atom. The molecule has 0 spiro atoms. The molecule has 0 saturated heterocycles. The molecule has 0 fully saturated rings. The van der Waals surface area contributed by atoms with Crippen molar-refractivity contribution in [1.82, 2.24) is 15.2 Å². The molecule has 0 bridgehead atoms. The van der Waals surface area contributed by atoms with Crippen LogP contribution in [0.1, 0.15) is 12.6 Å². The van der Waals surface area contributed by atoms with Crippen LogP contribution >= 0.6 is 0 Å². The number of likely N-dealkylation sites (N-methyl/N-ethyl adjacent to an activating group) is 1. The molecule has 4 nitrogen and oxygen atoms in total. The fourth-order valence-electron chi connectivity index (χ4n) is 1.22.